The van der Waals surface area contributed by atoms with Crippen molar-refractivity contribution in [2.75, 3.05) is 5.32 Å². The first-order chi connectivity index (χ1) is 8.06. The molecule has 2 rings (SSSR count). The van der Waals surface area contributed by atoms with Crippen LogP contribution in [0.1, 0.15) is 21.6 Å². The standard InChI is InChI=1S/C12H14N4O/c1-8-4-5-10(6-9(8)2)14-12(17)11-7-13-16(3)15-11/h4-7H,1-3H3,(H,14,17). The van der Waals surface area contributed by atoms with Crippen molar-refractivity contribution in [2.24, 2.45) is 7.05 Å². The van der Waals surface area contributed by atoms with Gasteiger partial charge < -0.3 is 5.32 Å². The molecule has 0 aliphatic heterocycles. The van der Waals surface area contributed by atoms with Crippen LogP contribution in [0.3, 0.4) is 0 Å². The fourth-order valence-corrected chi connectivity index (χ4v) is 1.46. The maximum atomic E-state index is 11.8. The van der Waals surface area contributed by atoms with Crippen LogP contribution in [0.15, 0.2) is 24.4 Å². The zero-order chi connectivity index (χ0) is 12.4. The number of carbonyl (C=O) groups excluding carboxylic acids is 1. The zero-order valence-electron chi connectivity index (χ0n) is 10.1. The number of anilines is 1. The van der Waals surface area contributed by atoms with E-state index in [1.54, 1.807) is 7.05 Å². The van der Waals surface area contributed by atoms with Crippen molar-refractivity contribution in [3.05, 3.63) is 41.2 Å². The Morgan fingerprint density at radius 3 is 2.65 bits per heavy atom. The average molecular weight is 230 g/mol. The van der Waals surface area contributed by atoms with Crippen LogP contribution in [-0.4, -0.2) is 20.9 Å². The lowest BCUT2D eigenvalue weighted by Gasteiger charge is -2.05. The Balaban J connectivity index is 2.15. The largest absolute Gasteiger partial charge is 0.321 e. The van der Waals surface area contributed by atoms with Gasteiger partial charge in [-0.25, -0.2) is 0 Å². The van der Waals surface area contributed by atoms with Crippen molar-refractivity contribution in [1.29, 1.82) is 0 Å². The first kappa shape index (κ1) is 11.3. The first-order valence-corrected chi connectivity index (χ1v) is 5.31. The predicted molar refractivity (Wildman–Crippen MR) is 64.9 cm³/mol. The highest BCUT2D eigenvalue weighted by atomic mass is 16.2. The van der Waals surface area contributed by atoms with Gasteiger partial charge in [0, 0.05) is 12.7 Å². The van der Waals surface area contributed by atoms with Crippen LogP contribution < -0.4 is 5.32 Å². The molecular formula is C12H14N4O. The summed E-state index contributed by atoms with van der Waals surface area (Å²) >= 11 is 0. The number of amides is 1. The predicted octanol–water partition coefficient (Wildman–Crippen LogP) is 1.68. The smallest absolute Gasteiger partial charge is 0.277 e. The quantitative estimate of drug-likeness (QED) is 0.854. The van der Waals surface area contributed by atoms with Crippen molar-refractivity contribution in [2.45, 2.75) is 13.8 Å². The summed E-state index contributed by atoms with van der Waals surface area (Å²) in [6, 6.07) is 5.78. The Labute approximate surface area is 99.5 Å². The van der Waals surface area contributed by atoms with Crippen molar-refractivity contribution in [1.82, 2.24) is 15.0 Å². The van der Waals surface area contributed by atoms with Crippen molar-refractivity contribution < 1.29 is 4.79 Å². The molecule has 0 aliphatic rings. The molecule has 88 valence electrons. The number of hydrogen-bond donors (Lipinski definition) is 1. The van der Waals surface area contributed by atoms with E-state index in [0.717, 1.165) is 11.3 Å². The second kappa shape index (κ2) is 4.37. The summed E-state index contributed by atoms with van der Waals surface area (Å²) in [5.41, 5.74) is 3.42. The van der Waals surface area contributed by atoms with Gasteiger partial charge in [0.05, 0.1) is 6.20 Å². The Hall–Kier alpha value is -2.17. The summed E-state index contributed by atoms with van der Waals surface area (Å²) in [5, 5.41) is 10.6. The molecule has 0 atom stereocenters. The first-order valence-electron chi connectivity index (χ1n) is 5.31. The van der Waals surface area contributed by atoms with E-state index in [9.17, 15) is 4.79 Å². The Bertz CT molecular complexity index is 559. The number of nitrogens with one attached hydrogen (secondary N) is 1. The van der Waals surface area contributed by atoms with Gasteiger partial charge in [0.25, 0.3) is 5.91 Å². The van der Waals surface area contributed by atoms with Crippen LogP contribution in [-0.2, 0) is 7.05 Å². The van der Waals surface area contributed by atoms with E-state index in [-0.39, 0.29) is 5.91 Å². The normalized spacial score (nSPS) is 10.3. The van der Waals surface area contributed by atoms with Gasteiger partial charge in [-0.05, 0) is 37.1 Å². The highest BCUT2D eigenvalue weighted by Gasteiger charge is 2.10. The summed E-state index contributed by atoms with van der Waals surface area (Å²) in [7, 11) is 1.67. The van der Waals surface area contributed by atoms with Gasteiger partial charge in [0.15, 0.2) is 5.69 Å². The number of hydrogen-bond acceptors (Lipinski definition) is 3. The van der Waals surface area contributed by atoms with E-state index in [4.69, 9.17) is 0 Å². The minimum absolute atomic E-state index is 0.249. The second-order valence-corrected chi connectivity index (χ2v) is 3.97. The molecule has 0 saturated heterocycles. The van der Waals surface area contributed by atoms with Crippen molar-refractivity contribution >= 4 is 11.6 Å². The van der Waals surface area contributed by atoms with Gasteiger partial charge >= 0.3 is 0 Å². The highest BCUT2D eigenvalue weighted by Crippen LogP contribution is 2.14. The molecule has 1 amide bonds. The highest BCUT2D eigenvalue weighted by molar-refractivity contribution is 6.02. The Kier molecular flexibility index (Phi) is 2.91. The lowest BCUT2D eigenvalue weighted by molar-refractivity contribution is 0.102. The lowest BCUT2D eigenvalue weighted by Crippen LogP contribution is -2.13. The third kappa shape index (κ3) is 2.50. The number of aromatic nitrogens is 3. The molecule has 0 bridgehead atoms. The maximum Gasteiger partial charge on any atom is 0.277 e. The minimum Gasteiger partial charge on any atom is -0.321 e. The molecule has 0 aliphatic carbocycles. The zero-order valence-corrected chi connectivity index (χ0v) is 10.1. The van der Waals surface area contributed by atoms with Gasteiger partial charge in [-0.1, -0.05) is 6.07 Å². The molecule has 0 unspecified atom stereocenters. The molecule has 0 fully saturated rings. The molecular weight excluding hydrogens is 216 g/mol. The van der Waals surface area contributed by atoms with E-state index in [2.05, 4.69) is 15.5 Å². The number of aryl methyl sites for hydroxylation is 3. The van der Waals surface area contributed by atoms with Crippen LogP contribution >= 0.6 is 0 Å². The fraction of sp³-hybridized carbons (Fsp3) is 0.250. The van der Waals surface area contributed by atoms with Crippen molar-refractivity contribution in [3.8, 4) is 0 Å². The molecule has 17 heavy (non-hydrogen) atoms. The molecule has 1 aromatic carbocycles. The summed E-state index contributed by atoms with van der Waals surface area (Å²) in [6.45, 7) is 4.04. The SMILES string of the molecule is Cc1ccc(NC(=O)c2cnn(C)n2)cc1C. The van der Waals surface area contributed by atoms with Gasteiger partial charge in [0.2, 0.25) is 0 Å². The van der Waals surface area contributed by atoms with E-state index >= 15 is 0 Å². The fourth-order valence-electron chi connectivity index (χ4n) is 1.46. The maximum absolute atomic E-state index is 11.8. The van der Waals surface area contributed by atoms with Crippen LogP contribution in [0, 0.1) is 13.8 Å². The molecule has 0 spiro atoms. The molecule has 1 aromatic heterocycles. The number of nitrogens with zero attached hydrogens (tertiary/aromatic N) is 3. The third-order valence-electron chi connectivity index (χ3n) is 2.60. The molecule has 1 heterocycles. The summed E-state index contributed by atoms with van der Waals surface area (Å²) < 4.78 is 0. The number of benzene rings is 1. The lowest BCUT2D eigenvalue weighted by atomic mass is 10.1. The third-order valence-corrected chi connectivity index (χ3v) is 2.60. The molecule has 0 radical (unpaired) electrons. The van der Waals surface area contributed by atoms with E-state index in [0.29, 0.717) is 5.69 Å². The van der Waals surface area contributed by atoms with Gasteiger partial charge in [-0.2, -0.15) is 9.90 Å². The van der Waals surface area contributed by atoms with Crippen LogP contribution in [0.25, 0.3) is 0 Å². The van der Waals surface area contributed by atoms with Crippen LogP contribution in [0.2, 0.25) is 0 Å². The average Bonchev–Trinajstić information content (AvgIpc) is 2.70. The second-order valence-electron chi connectivity index (χ2n) is 3.97. The van der Waals surface area contributed by atoms with E-state index < -0.39 is 0 Å². The topological polar surface area (TPSA) is 59.8 Å². The number of rotatable bonds is 2. The number of carbonyl (C=O) groups is 1. The minimum atomic E-state index is -0.249. The van der Waals surface area contributed by atoms with Crippen LogP contribution in [0.4, 0.5) is 5.69 Å². The molecule has 5 nitrogen and oxygen atoms in total. The van der Waals surface area contributed by atoms with Crippen LogP contribution in [0.5, 0.6) is 0 Å². The summed E-state index contributed by atoms with van der Waals surface area (Å²) in [6.07, 6.45) is 1.44. The van der Waals surface area contributed by atoms with Gasteiger partial charge in [-0.15, -0.1) is 5.10 Å². The molecule has 0 saturated carbocycles. The Morgan fingerprint density at radius 1 is 1.29 bits per heavy atom. The van der Waals surface area contributed by atoms with Crippen molar-refractivity contribution in [3.63, 3.8) is 0 Å². The molecule has 5 heteroatoms. The molecule has 1 N–H and O–H groups in total. The Morgan fingerprint density at radius 2 is 2.06 bits per heavy atom. The summed E-state index contributed by atoms with van der Waals surface area (Å²) in [4.78, 5) is 13.2. The molecule has 2 aromatic rings. The summed E-state index contributed by atoms with van der Waals surface area (Å²) in [5.74, 6) is -0.249. The van der Waals surface area contributed by atoms with Gasteiger partial charge in [-0.3, -0.25) is 4.79 Å². The monoisotopic (exact) mass is 230 g/mol. The van der Waals surface area contributed by atoms with E-state index in [1.807, 2.05) is 32.0 Å². The van der Waals surface area contributed by atoms with E-state index in [1.165, 1.54) is 16.6 Å². The van der Waals surface area contributed by atoms with Gasteiger partial charge in [0.1, 0.15) is 0 Å².